The predicted molar refractivity (Wildman–Crippen MR) is 71.3 cm³/mol. The van der Waals surface area contributed by atoms with E-state index >= 15 is 0 Å². The summed E-state index contributed by atoms with van der Waals surface area (Å²) in [6.45, 7) is 4.41. The van der Waals surface area contributed by atoms with Crippen molar-refractivity contribution in [3.05, 3.63) is 17.5 Å². The fourth-order valence-electron chi connectivity index (χ4n) is 2.59. The number of rotatable bonds is 4. The van der Waals surface area contributed by atoms with Gasteiger partial charge in [-0.25, -0.2) is 4.79 Å². The summed E-state index contributed by atoms with van der Waals surface area (Å²) in [7, 11) is 0. The number of hydrogen-bond acceptors (Lipinski definition) is 4. The Bertz CT molecular complexity index is 522. The van der Waals surface area contributed by atoms with E-state index in [1.54, 1.807) is 6.92 Å². The van der Waals surface area contributed by atoms with Crippen LogP contribution in [0.15, 0.2) is 6.20 Å². The van der Waals surface area contributed by atoms with E-state index in [4.69, 9.17) is 9.47 Å². The van der Waals surface area contributed by atoms with Crippen LogP contribution in [0.3, 0.4) is 0 Å². The fraction of sp³-hybridized carbons (Fsp3) is 0.714. The summed E-state index contributed by atoms with van der Waals surface area (Å²) in [4.78, 5) is 12.1. The van der Waals surface area contributed by atoms with Gasteiger partial charge < -0.3 is 9.47 Å². The number of aryl methyl sites for hydroxylation is 1. The van der Waals surface area contributed by atoms with Gasteiger partial charge in [-0.15, -0.1) is 0 Å². The first kappa shape index (κ1) is 16.8. The Hall–Kier alpha value is -1.57. The molecular formula is C14H19F3N2O3. The number of esters is 1. The molecule has 0 saturated carbocycles. The van der Waals surface area contributed by atoms with Gasteiger partial charge in [0.15, 0.2) is 5.69 Å². The second-order valence-electron chi connectivity index (χ2n) is 5.28. The fourth-order valence-corrected chi connectivity index (χ4v) is 2.59. The first-order valence-electron chi connectivity index (χ1n) is 7.26. The summed E-state index contributed by atoms with van der Waals surface area (Å²) in [5.41, 5.74) is -1.59. The van der Waals surface area contributed by atoms with Crippen molar-refractivity contribution in [2.75, 3.05) is 13.2 Å². The molecule has 1 saturated heterocycles. The van der Waals surface area contributed by atoms with Crippen LogP contribution < -0.4 is 0 Å². The molecule has 0 spiro atoms. The van der Waals surface area contributed by atoms with Gasteiger partial charge in [-0.05, 0) is 26.7 Å². The third-order valence-electron chi connectivity index (χ3n) is 3.85. The van der Waals surface area contributed by atoms with Gasteiger partial charge in [0.05, 0.1) is 6.20 Å². The molecule has 0 radical (unpaired) electrons. The lowest BCUT2D eigenvalue weighted by molar-refractivity contribution is -0.144. The molecule has 0 bridgehead atoms. The SMILES string of the molecule is CCn1ncc(C(=O)OC(C)C2CCOCC2)c1C(F)(F)F. The van der Waals surface area contributed by atoms with Crippen LogP contribution in [0.1, 0.15) is 42.7 Å². The molecule has 22 heavy (non-hydrogen) atoms. The summed E-state index contributed by atoms with van der Waals surface area (Å²) < 4.78 is 50.5. The second kappa shape index (κ2) is 6.68. The molecule has 5 nitrogen and oxygen atoms in total. The van der Waals surface area contributed by atoms with Gasteiger partial charge in [0.25, 0.3) is 0 Å². The third-order valence-corrected chi connectivity index (χ3v) is 3.85. The van der Waals surface area contributed by atoms with Crippen molar-refractivity contribution in [2.24, 2.45) is 5.92 Å². The summed E-state index contributed by atoms with van der Waals surface area (Å²) in [6.07, 6.45) is -2.72. The Morgan fingerprint density at radius 3 is 2.68 bits per heavy atom. The van der Waals surface area contributed by atoms with Crippen LogP contribution in [0.2, 0.25) is 0 Å². The number of carbonyl (C=O) groups is 1. The lowest BCUT2D eigenvalue weighted by atomic mass is 9.95. The Balaban J connectivity index is 2.14. The van der Waals surface area contributed by atoms with Crippen molar-refractivity contribution in [1.29, 1.82) is 0 Å². The van der Waals surface area contributed by atoms with E-state index in [1.807, 2.05) is 0 Å². The molecule has 1 unspecified atom stereocenters. The number of alkyl halides is 3. The van der Waals surface area contributed by atoms with Crippen molar-refractivity contribution in [2.45, 2.75) is 45.5 Å². The van der Waals surface area contributed by atoms with Crippen LogP contribution >= 0.6 is 0 Å². The Morgan fingerprint density at radius 2 is 2.14 bits per heavy atom. The molecule has 0 amide bonds. The minimum atomic E-state index is -4.65. The van der Waals surface area contributed by atoms with Crippen LogP contribution in [-0.2, 0) is 22.2 Å². The van der Waals surface area contributed by atoms with E-state index in [0.29, 0.717) is 13.2 Å². The molecule has 0 aliphatic carbocycles. The highest BCUT2D eigenvalue weighted by Gasteiger charge is 2.40. The third kappa shape index (κ3) is 3.60. The van der Waals surface area contributed by atoms with Crippen LogP contribution in [-0.4, -0.2) is 35.1 Å². The monoisotopic (exact) mass is 320 g/mol. The average Bonchev–Trinajstić information content (AvgIpc) is 2.92. The van der Waals surface area contributed by atoms with Crippen molar-refractivity contribution >= 4 is 5.97 Å². The number of nitrogens with zero attached hydrogens (tertiary/aromatic N) is 2. The molecule has 1 aromatic heterocycles. The normalized spacial score (nSPS) is 18.2. The van der Waals surface area contributed by atoms with E-state index in [1.165, 1.54) is 6.92 Å². The molecule has 124 valence electrons. The van der Waals surface area contributed by atoms with E-state index in [0.717, 1.165) is 23.7 Å². The zero-order chi connectivity index (χ0) is 16.3. The maximum Gasteiger partial charge on any atom is 0.433 e. The van der Waals surface area contributed by atoms with Crippen molar-refractivity contribution in [1.82, 2.24) is 9.78 Å². The number of ether oxygens (including phenoxy) is 2. The summed E-state index contributed by atoms with van der Waals surface area (Å²) >= 11 is 0. The van der Waals surface area contributed by atoms with E-state index < -0.39 is 29.5 Å². The highest BCUT2D eigenvalue weighted by atomic mass is 19.4. The van der Waals surface area contributed by atoms with Crippen molar-refractivity contribution in [3.63, 3.8) is 0 Å². The molecular weight excluding hydrogens is 301 g/mol. The maximum absolute atomic E-state index is 13.1. The average molecular weight is 320 g/mol. The standard InChI is InChI=1S/C14H19F3N2O3/c1-3-19-12(14(15,16)17)11(8-18-19)13(20)22-9(2)10-4-6-21-7-5-10/h8-10H,3-7H2,1-2H3. The minimum absolute atomic E-state index is 0.0254. The van der Waals surface area contributed by atoms with Crippen LogP contribution in [0.25, 0.3) is 0 Å². The van der Waals surface area contributed by atoms with Crippen LogP contribution in [0.4, 0.5) is 13.2 Å². The lowest BCUT2D eigenvalue weighted by Gasteiger charge is -2.27. The van der Waals surface area contributed by atoms with Crippen molar-refractivity contribution < 1.29 is 27.4 Å². The molecule has 2 rings (SSSR count). The topological polar surface area (TPSA) is 53.4 Å². The van der Waals surface area contributed by atoms with Crippen molar-refractivity contribution in [3.8, 4) is 0 Å². The molecule has 1 fully saturated rings. The quantitative estimate of drug-likeness (QED) is 0.801. The van der Waals surface area contributed by atoms with Gasteiger partial charge in [-0.3, -0.25) is 4.68 Å². The summed E-state index contributed by atoms with van der Waals surface area (Å²) in [6, 6.07) is 0. The molecule has 2 heterocycles. The molecule has 1 atom stereocenters. The zero-order valence-corrected chi connectivity index (χ0v) is 12.5. The Labute approximate surface area is 126 Å². The Kier molecular flexibility index (Phi) is 5.10. The largest absolute Gasteiger partial charge is 0.459 e. The number of hydrogen-bond donors (Lipinski definition) is 0. The van der Waals surface area contributed by atoms with Gasteiger partial charge in [0, 0.05) is 25.7 Å². The van der Waals surface area contributed by atoms with Crippen LogP contribution in [0, 0.1) is 5.92 Å². The van der Waals surface area contributed by atoms with Gasteiger partial charge in [0.2, 0.25) is 0 Å². The second-order valence-corrected chi connectivity index (χ2v) is 5.28. The molecule has 1 aliphatic rings. The van der Waals surface area contributed by atoms with E-state index in [-0.39, 0.29) is 12.5 Å². The predicted octanol–water partition coefficient (Wildman–Crippen LogP) is 2.89. The van der Waals surface area contributed by atoms with Gasteiger partial charge >= 0.3 is 12.1 Å². The lowest BCUT2D eigenvalue weighted by Crippen LogP contribution is -2.30. The summed E-state index contributed by atoms with van der Waals surface area (Å²) in [5.74, 6) is -0.876. The molecule has 1 aliphatic heterocycles. The number of halogens is 3. The molecule has 0 N–H and O–H groups in total. The molecule has 8 heteroatoms. The number of carbonyl (C=O) groups excluding carboxylic acids is 1. The highest BCUT2D eigenvalue weighted by Crippen LogP contribution is 2.33. The van der Waals surface area contributed by atoms with Gasteiger partial charge in [0.1, 0.15) is 11.7 Å². The zero-order valence-electron chi connectivity index (χ0n) is 12.5. The first-order valence-corrected chi connectivity index (χ1v) is 7.26. The molecule has 0 aromatic carbocycles. The maximum atomic E-state index is 13.1. The Morgan fingerprint density at radius 1 is 1.50 bits per heavy atom. The van der Waals surface area contributed by atoms with Gasteiger partial charge in [-0.2, -0.15) is 18.3 Å². The van der Waals surface area contributed by atoms with Crippen LogP contribution in [0.5, 0.6) is 0 Å². The molecule has 1 aromatic rings. The van der Waals surface area contributed by atoms with E-state index in [9.17, 15) is 18.0 Å². The number of aromatic nitrogens is 2. The van der Waals surface area contributed by atoms with Gasteiger partial charge in [-0.1, -0.05) is 0 Å². The summed E-state index contributed by atoms with van der Waals surface area (Å²) in [5, 5.41) is 3.62. The first-order chi connectivity index (χ1) is 10.3. The smallest absolute Gasteiger partial charge is 0.433 e. The highest BCUT2D eigenvalue weighted by molar-refractivity contribution is 5.90. The minimum Gasteiger partial charge on any atom is -0.459 e. The van der Waals surface area contributed by atoms with E-state index in [2.05, 4.69) is 5.10 Å².